The molecule has 0 aliphatic rings. The molecule has 0 fully saturated rings. The van der Waals surface area contributed by atoms with E-state index < -0.39 is 0 Å². The van der Waals surface area contributed by atoms with Gasteiger partial charge in [0.15, 0.2) is 0 Å². The first-order valence-corrected chi connectivity index (χ1v) is 12.7. The van der Waals surface area contributed by atoms with Crippen molar-refractivity contribution in [2.24, 2.45) is 23.7 Å². The van der Waals surface area contributed by atoms with Crippen LogP contribution >= 0.6 is 0 Å². The van der Waals surface area contributed by atoms with Crippen molar-refractivity contribution in [1.82, 2.24) is 0 Å². The van der Waals surface area contributed by atoms with Crippen LogP contribution in [-0.4, -0.2) is 0 Å². The fourth-order valence-electron chi connectivity index (χ4n) is 4.61. The van der Waals surface area contributed by atoms with Crippen LogP contribution in [0.1, 0.15) is 103 Å². The molecule has 30 heavy (non-hydrogen) atoms. The maximum Gasteiger partial charge on any atom is -0.0146 e. The van der Waals surface area contributed by atoms with Crippen LogP contribution in [0.3, 0.4) is 0 Å². The van der Waals surface area contributed by atoms with Gasteiger partial charge in [-0.1, -0.05) is 79.7 Å². The first kappa shape index (κ1) is 25.0. The molecule has 2 aromatic rings. The van der Waals surface area contributed by atoms with Crippen molar-refractivity contribution in [3.05, 3.63) is 46.5 Å². The first-order chi connectivity index (χ1) is 14.2. The van der Waals surface area contributed by atoms with Gasteiger partial charge in [0.05, 0.1) is 0 Å². The van der Waals surface area contributed by atoms with E-state index in [-0.39, 0.29) is 0 Å². The average Bonchev–Trinajstić information content (AvgIpc) is 2.67. The molecule has 0 unspecified atom stereocenters. The Balaban J connectivity index is 2.71. The molecule has 0 amide bonds. The molecule has 168 valence electrons. The highest BCUT2D eigenvalue weighted by Crippen LogP contribution is 2.36. The molecular weight excluding hydrogens is 360 g/mol. The largest absolute Gasteiger partial charge is 0.0628 e. The zero-order valence-electron chi connectivity index (χ0n) is 21.3. The molecule has 0 atom stereocenters. The van der Waals surface area contributed by atoms with Crippen LogP contribution in [0.25, 0.3) is 10.8 Å². The Hall–Kier alpha value is -1.30. The van der Waals surface area contributed by atoms with Crippen molar-refractivity contribution in [3.63, 3.8) is 0 Å². The van der Waals surface area contributed by atoms with E-state index in [4.69, 9.17) is 0 Å². The van der Waals surface area contributed by atoms with Gasteiger partial charge >= 0.3 is 0 Å². The summed E-state index contributed by atoms with van der Waals surface area (Å²) in [5.74, 6) is 3.01. The zero-order chi connectivity index (χ0) is 22.3. The highest BCUT2D eigenvalue weighted by atomic mass is 14.2. The summed E-state index contributed by atoms with van der Waals surface area (Å²) in [6.07, 6.45) is 10.1. The van der Waals surface area contributed by atoms with Crippen molar-refractivity contribution in [2.45, 2.75) is 107 Å². The van der Waals surface area contributed by atoms with Gasteiger partial charge in [0.1, 0.15) is 0 Å². The molecule has 0 aromatic heterocycles. The maximum atomic E-state index is 2.41. The summed E-state index contributed by atoms with van der Waals surface area (Å²) in [4.78, 5) is 0. The molecule has 0 heterocycles. The lowest BCUT2D eigenvalue weighted by molar-refractivity contribution is 0.556. The standard InChI is InChI=1S/C30H48/c1-21(2)13-17-27-25-11-9-10-12-26(25)28(18-14-22(3)4)30(20-16-24(7)8)29(27)19-15-23(5)6/h9-12,21-24H,13-20H2,1-8H3. The summed E-state index contributed by atoms with van der Waals surface area (Å²) in [5.41, 5.74) is 6.80. The third kappa shape index (κ3) is 7.14. The van der Waals surface area contributed by atoms with Crippen molar-refractivity contribution in [1.29, 1.82) is 0 Å². The molecule has 2 aromatic carbocycles. The summed E-state index contributed by atoms with van der Waals surface area (Å²) in [6.45, 7) is 19.0. The molecule has 0 nitrogen and oxygen atoms in total. The Morgan fingerprint density at radius 1 is 0.433 bits per heavy atom. The number of rotatable bonds is 12. The smallest absolute Gasteiger partial charge is 0.0146 e. The van der Waals surface area contributed by atoms with E-state index in [0.29, 0.717) is 0 Å². The van der Waals surface area contributed by atoms with E-state index in [1.807, 2.05) is 0 Å². The molecule has 0 aliphatic heterocycles. The Morgan fingerprint density at radius 2 is 0.700 bits per heavy atom. The minimum absolute atomic E-state index is 0.751. The quantitative estimate of drug-likeness (QED) is 0.328. The Kier molecular flexibility index (Phi) is 9.92. The second kappa shape index (κ2) is 11.9. The number of hydrogen-bond donors (Lipinski definition) is 0. The summed E-state index contributed by atoms with van der Waals surface area (Å²) < 4.78 is 0. The third-order valence-electron chi connectivity index (χ3n) is 6.56. The number of aryl methyl sites for hydroxylation is 2. The Labute approximate surface area is 187 Å². The summed E-state index contributed by atoms with van der Waals surface area (Å²) in [5, 5.41) is 3.09. The van der Waals surface area contributed by atoms with Gasteiger partial charge in [0, 0.05) is 0 Å². The van der Waals surface area contributed by atoms with E-state index in [0.717, 1.165) is 23.7 Å². The highest BCUT2D eigenvalue weighted by Gasteiger charge is 2.20. The van der Waals surface area contributed by atoms with Gasteiger partial charge in [-0.05, 0) is 108 Å². The van der Waals surface area contributed by atoms with Crippen molar-refractivity contribution < 1.29 is 0 Å². The molecule has 0 bridgehead atoms. The topological polar surface area (TPSA) is 0 Å². The van der Waals surface area contributed by atoms with E-state index in [1.54, 1.807) is 33.0 Å². The van der Waals surface area contributed by atoms with Crippen molar-refractivity contribution in [3.8, 4) is 0 Å². The normalized spacial score (nSPS) is 12.3. The summed E-state index contributed by atoms with van der Waals surface area (Å²) >= 11 is 0. The molecule has 0 spiro atoms. The molecular formula is C30H48. The molecule has 0 N–H and O–H groups in total. The summed E-state index contributed by atoms with van der Waals surface area (Å²) in [7, 11) is 0. The number of benzene rings is 2. The van der Waals surface area contributed by atoms with Crippen LogP contribution in [0.15, 0.2) is 24.3 Å². The number of fused-ring (bicyclic) bond motifs is 1. The van der Waals surface area contributed by atoms with Gasteiger partial charge in [0.25, 0.3) is 0 Å². The van der Waals surface area contributed by atoms with Crippen LogP contribution < -0.4 is 0 Å². The van der Waals surface area contributed by atoms with Gasteiger partial charge in [-0.3, -0.25) is 0 Å². The lowest BCUT2D eigenvalue weighted by Gasteiger charge is -2.25. The lowest BCUT2D eigenvalue weighted by Crippen LogP contribution is -2.11. The second-order valence-corrected chi connectivity index (χ2v) is 11.2. The first-order valence-electron chi connectivity index (χ1n) is 12.7. The molecule has 0 heteroatoms. The molecule has 0 aliphatic carbocycles. The summed E-state index contributed by atoms with van der Waals surface area (Å²) in [6, 6.07) is 9.34. The fourth-order valence-corrected chi connectivity index (χ4v) is 4.61. The predicted octanol–water partition coefficient (Wildman–Crippen LogP) is 9.19. The highest BCUT2D eigenvalue weighted by molar-refractivity contribution is 5.91. The monoisotopic (exact) mass is 408 g/mol. The van der Waals surface area contributed by atoms with Crippen LogP contribution in [-0.2, 0) is 25.7 Å². The van der Waals surface area contributed by atoms with E-state index in [2.05, 4.69) is 79.7 Å². The number of hydrogen-bond acceptors (Lipinski definition) is 0. The van der Waals surface area contributed by atoms with Gasteiger partial charge in [-0.2, -0.15) is 0 Å². The molecule has 0 saturated heterocycles. The van der Waals surface area contributed by atoms with Gasteiger partial charge in [-0.25, -0.2) is 0 Å². The minimum Gasteiger partial charge on any atom is -0.0628 e. The Bertz CT molecular complexity index is 710. The van der Waals surface area contributed by atoms with Gasteiger partial charge in [-0.15, -0.1) is 0 Å². The van der Waals surface area contributed by atoms with Crippen LogP contribution in [0, 0.1) is 23.7 Å². The maximum absolute atomic E-state index is 2.41. The van der Waals surface area contributed by atoms with Crippen LogP contribution in [0.2, 0.25) is 0 Å². The van der Waals surface area contributed by atoms with Crippen LogP contribution in [0.4, 0.5) is 0 Å². The van der Waals surface area contributed by atoms with Crippen molar-refractivity contribution >= 4 is 10.8 Å². The minimum atomic E-state index is 0.751. The second-order valence-electron chi connectivity index (χ2n) is 11.2. The molecule has 2 rings (SSSR count). The van der Waals surface area contributed by atoms with E-state index >= 15 is 0 Å². The zero-order valence-corrected chi connectivity index (χ0v) is 21.3. The van der Waals surface area contributed by atoms with Crippen LogP contribution in [0.5, 0.6) is 0 Å². The molecule has 0 saturated carbocycles. The SMILES string of the molecule is CC(C)CCc1c(CCC(C)C)c(CCC(C)C)c2ccccc2c1CCC(C)C. The van der Waals surface area contributed by atoms with Gasteiger partial charge in [0.2, 0.25) is 0 Å². The lowest BCUT2D eigenvalue weighted by atomic mass is 9.80. The molecule has 0 radical (unpaired) electrons. The fraction of sp³-hybridized carbons (Fsp3) is 0.667. The third-order valence-corrected chi connectivity index (χ3v) is 6.56. The van der Waals surface area contributed by atoms with Crippen molar-refractivity contribution in [2.75, 3.05) is 0 Å². The Morgan fingerprint density at radius 3 is 0.967 bits per heavy atom. The van der Waals surface area contributed by atoms with E-state index in [9.17, 15) is 0 Å². The van der Waals surface area contributed by atoms with Gasteiger partial charge < -0.3 is 0 Å². The average molecular weight is 409 g/mol. The predicted molar refractivity (Wildman–Crippen MR) is 137 cm³/mol. The van der Waals surface area contributed by atoms with E-state index in [1.165, 1.54) is 51.4 Å².